The van der Waals surface area contributed by atoms with Crippen molar-refractivity contribution >= 4 is 5.91 Å². The summed E-state index contributed by atoms with van der Waals surface area (Å²) in [5, 5.41) is 0. The van der Waals surface area contributed by atoms with Crippen molar-refractivity contribution in [2.45, 2.75) is 51.0 Å². The summed E-state index contributed by atoms with van der Waals surface area (Å²) in [6.45, 7) is 8.37. The van der Waals surface area contributed by atoms with Crippen molar-refractivity contribution in [1.29, 1.82) is 0 Å². The number of hydrogen-bond acceptors (Lipinski definition) is 4. The first kappa shape index (κ1) is 19.7. The molecule has 0 aliphatic carbocycles. The molecule has 3 aliphatic heterocycles. The number of hydrogen-bond donors (Lipinski definition) is 0. The monoisotopic (exact) mass is 385 g/mol. The maximum atomic E-state index is 12.8. The van der Waals surface area contributed by atoms with Gasteiger partial charge < -0.3 is 14.5 Å². The molecule has 1 amide bonds. The molecule has 3 aliphatic rings. The summed E-state index contributed by atoms with van der Waals surface area (Å²) in [4.78, 5) is 20.0. The molecule has 4 rings (SSSR count). The summed E-state index contributed by atoms with van der Waals surface area (Å²) < 4.78 is 5.89. The van der Waals surface area contributed by atoms with Gasteiger partial charge in [0.25, 0.3) is 5.91 Å². The summed E-state index contributed by atoms with van der Waals surface area (Å²) in [5.41, 5.74) is 0.781. The van der Waals surface area contributed by atoms with Crippen LogP contribution in [0.15, 0.2) is 24.3 Å². The van der Waals surface area contributed by atoms with Gasteiger partial charge >= 0.3 is 0 Å². The van der Waals surface area contributed by atoms with E-state index in [1.165, 1.54) is 58.3 Å². The molecule has 3 saturated heterocycles. The van der Waals surface area contributed by atoms with Crippen LogP contribution in [0.1, 0.15) is 55.3 Å². The van der Waals surface area contributed by atoms with Gasteiger partial charge in [-0.15, -0.1) is 0 Å². The maximum absolute atomic E-state index is 12.8. The minimum Gasteiger partial charge on any atom is -0.492 e. The fourth-order valence-corrected chi connectivity index (χ4v) is 4.89. The van der Waals surface area contributed by atoms with Crippen LogP contribution < -0.4 is 4.74 Å². The fourth-order valence-electron chi connectivity index (χ4n) is 4.89. The molecular formula is C23H35N3O2. The molecule has 5 nitrogen and oxygen atoms in total. The van der Waals surface area contributed by atoms with E-state index >= 15 is 0 Å². The fraction of sp³-hybridized carbons (Fsp3) is 0.696. The van der Waals surface area contributed by atoms with Gasteiger partial charge in [-0.25, -0.2) is 0 Å². The Kier molecular flexibility index (Phi) is 6.86. The Bertz CT molecular complexity index is 613. The summed E-state index contributed by atoms with van der Waals surface area (Å²) in [6, 6.07) is 8.42. The zero-order valence-electron chi connectivity index (χ0n) is 17.2. The van der Waals surface area contributed by atoms with Gasteiger partial charge in [-0.2, -0.15) is 0 Å². The number of piperidine rings is 2. The number of rotatable bonds is 6. The summed E-state index contributed by atoms with van der Waals surface area (Å²) in [6.07, 6.45) is 8.89. The molecule has 0 aromatic heterocycles. The second kappa shape index (κ2) is 9.75. The molecule has 1 aromatic carbocycles. The molecule has 0 unspecified atom stereocenters. The van der Waals surface area contributed by atoms with E-state index < -0.39 is 0 Å². The summed E-state index contributed by atoms with van der Waals surface area (Å²) in [7, 11) is 0. The first-order valence-electron chi connectivity index (χ1n) is 11.3. The minimum absolute atomic E-state index is 0.166. The first-order chi connectivity index (χ1) is 13.8. The van der Waals surface area contributed by atoms with E-state index in [4.69, 9.17) is 4.74 Å². The van der Waals surface area contributed by atoms with E-state index in [-0.39, 0.29) is 5.91 Å². The zero-order valence-corrected chi connectivity index (χ0v) is 17.2. The van der Waals surface area contributed by atoms with E-state index in [9.17, 15) is 4.79 Å². The van der Waals surface area contributed by atoms with Crippen LogP contribution in [0.4, 0.5) is 0 Å². The van der Waals surface area contributed by atoms with E-state index in [0.717, 1.165) is 50.4 Å². The van der Waals surface area contributed by atoms with Crippen molar-refractivity contribution in [2.75, 3.05) is 52.4 Å². The number of carbonyl (C=O) groups is 1. The highest BCUT2D eigenvalue weighted by Gasteiger charge is 2.28. The van der Waals surface area contributed by atoms with Gasteiger partial charge in [0.1, 0.15) is 12.4 Å². The average Bonchev–Trinajstić information content (AvgIpc) is 3.30. The van der Waals surface area contributed by atoms with Crippen LogP contribution in [0.3, 0.4) is 0 Å². The number of carbonyl (C=O) groups excluding carboxylic acids is 1. The van der Waals surface area contributed by atoms with Crippen molar-refractivity contribution in [3.05, 3.63) is 29.8 Å². The van der Waals surface area contributed by atoms with Crippen LogP contribution in [-0.2, 0) is 0 Å². The van der Waals surface area contributed by atoms with Gasteiger partial charge in [0.05, 0.1) is 0 Å². The normalized spacial score (nSPS) is 22.5. The lowest BCUT2D eigenvalue weighted by atomic mass is 10.0. The Labute approximate surface area is 169 Å². The van der Waals surface area contributed by atoms with E-state index in [2.05, 4.69) is 9.80 Å². The van der Waals surface area contributed by atoms with E-state index in [1.807, 2.05) is 29.2 Å². The molecule has 154 valence electrons. The lowest BCUT2D eigenvalue weighted by Gasteiger charge is -2.36. The Morgan fingerprint density at radius 3 is 2.18 bits per heavy atom. The SMILES string of the molecule is O=C(c1ccc(OCCN2CCCCC2)cc1)N1CCC(N2CCCC2)CC1. The van der Waals surface area contributed by atoms with Gasteiger partial charge in [0.2, 0.25) is 0 Å². The lowest BCUT2D eigenvalue weighted by Crippen LogP contribution is -2.45. The van der Waals surface area contributed by atoms with Crippen molar-refractivity contribution in [3.8, 4) is 5.75 Å². The van der Waals surface area contributed by atoms with Crippen molar-refractivity contribution < 1.29 is 9.53 Å². The van der Waals surface area contributed by atoms with Crippen LogP contribution in [0.5, 0.6) is 5.75 Å². The van der Waals surface area contributed by atoms with Gasteiger partial charge in [0.15, 0.2) is 0 Å². The summed E-state index contributed by atoms with van der Waals surface area (Å²) in [5.74, 6) is 1.03. The van der Waals surface area contributed by atoms with Crippen molar-refractivity contribution in [2.24, 2.45) is 0 Å². The smallest absolute Gasteiger partial charge is 0.253 e. The standard InChI is InChI=1S/C23H35N3O2/c27-23(26-16-10-21(11-17-26)25-14-4-5-15-25)20-6-8-22(9-7-20)28-19-18-24-12-2-1-3-13-24/h6-9,21H,1-5,10-19H2. The number of amides is 1. The predicted molar refractivity (Wildman–Crippen MR) is 112 cm³/mol. The molecule has 5 heteroatoms. The largest absolute Gasteiger partial charge is 0.492 e. The molecule has 0 radical (unpaired) electrons. The second-order valence-corrected chi connectivity index (χ2v) is 8.54. The number of nitrogens with zero attached hydrogens (tertiary/aromatic N) is 3. The van der Waals surface area contributed by atoms with Crippen LogP contribution in [-0.4, -0.2) is 79.1 Å². The Morgan fingerprint density at radius 1 is 0.857 bits per heavy atom. The van der Waals surface area contributed by atoms with Crippen LogP contribution in [0, 0.1) is 0 Å². The number of ether oxygens (including phenoxy) is 1. The Balaban J connectivity index is 1.21. The van der Waals surface area contributed by atoms with Crippen molar-refractivity contribution in [3.63, 3.8) is 0 Å². The van der Waals surface area contributed by atoms with Gasteiger partial charge in [-0.3, -0.25) is 9.69 Å². The molecule has 0 saturated carbocycles. The van der Waals surface area contributed by atoms with Crippen molar-refractivity contribution in [1.82, 2.24) is 14.7 Å². The van der Waals surface area contributed by atoms with E-state index in [0.29, 0.717) is 6.04 Å². The molecular weight excluding hydrogens is 350 g/mol. The molecule has 28 heavy (non-hydrogen) atoms. The third kappa shape index (κ3) is 5.06. The van der Waals surface area contributed by atoms with Crippen LogP contribution in [0.25, 0.3) is 0 Å². The summed E-state index contributed by atoms with van der Waals surface area (Å²) >= 11 is 0. The van der Waals surface area contributed by atoms with Crippen LogP contribution in [0.2, 0.25) is 0 Å². The third-order valence-corrected chi connectivity index (χ3v) is 6.63. The highest BCUT2D eigenvalue weighted by molar-refractivity contribution is 5.94. The van der Waals surface area contributed by atoms with Crippen LogP contribution >= 0.6 is 0 Å². The Hall–Kier alpha value is -1.59. The third-order valence-electron chi connectivity index (χ3n) is 6.63. The van der Waals surface area contributed by atoms with Gasteiger partial charge in [-0.1, -0.05) is 6.42 Å². The molecule has 0 N–H and O–H groups in total. The molecule has 0 atom stereocenters. The minimum atomic E-state index is 0.166. The first-order valence-corrected chi connectivity index (χ1v) is 11.3. The highest BCUT2D eigenvalue weighted by atomic mass is 16.5. The highest BCUT2D eigenvalue weighted by Crippen LogP contribution is 2.22. The zero-order chi connectivity index (χ0) is 19.2. The number of benzene rings is 1. The lowest BCUT2D eigenvalue weighted by molar-refractivity contribution is 0.0644. The van der Waals surface area contributed by atoms with Gasteiger partial charge in [0, 0.05) is 31.2 Å². The predicted octanol–water partition coefficient (Wildman–Crippen LogP) is 3.25. The molecule has 0 bridgehead atoms. The maximum Gasteiger partial charge on any atom is 0.253 e. The van der Waals surface area contributed by atoms with E-state index in [1.54, 1.807) is 0 Å². The molecule has 3 fully saturated rings. The number of likely N-dealkylation sites (tertiary alicyclic amines) is 3. The Morgan fingerprint density at radius 2 is 1.50 bits per heavy atom. The molecule has 1 aromatic rings. The average molecular weight is 386 g/mol. The van der Waals surface area contributed by atoms with Gasteiger partial charge in [-0.05, 0) is 89.0 Å². The topological polar surface area (TPSA) is 36.0 Å². The second-order valence-electron chi connectivity index (χ2n) is 8.54. The molecule has 0 spiro atoms. The quantitative estimate of drug-likeness (QED) is 0.753. The molecule has 3 heterocycles.